The van der Waals surface area contributed by atoms with Crippen LogP contribution in [0.4, 0.5) is 0 Å². The van der Waals surface area contributed by atoms with Crippen molar-refractivity contribution in [2.45, 2.75) is 26.3 Å². The van der Waals surface area contributed by atoms with Crippen molar-refractivity contribution in [3.63, 3.8) is 0 Å². The Balaban J connectivity index is 2.05. The Kier molecular flexibility index (Phi) is 4.84. The van der Waals surface area contributed by atoms with Gasteiger partial charge in [0.1, 0.15) is 17.6 Å². The van der Waals surface area contributed by atoms with Gasteiger partial charge in [-0.15, -0.1) is 10.2 Å². The third-order valence-corrected chi connectivity index (χ3v) is 5.41. The molecule has 0 saturated carbocycles. The summed E-state index contributed by atoms with van der Waals surface area (Å²) in [6.45, 7) is 3.73. The van der Waals surface area contributed by atoms with Gasteiger partial charge in [-0.05, 0) is 43.7 Å². The van der Waals surface area contributed by atoms with Gasteiger partial charge < -0.3 is 10.8 Å². The third-order valence-electron chi connectivity index (χ3n) is 5.16. The lowest BCUT2D eigenvalue weighted by Crippen LogP contribution is -2.29. The largest absolute Gasteiger partial charge is 0.508 e. The molecule has 148 valence electrons. The van der Waals surface area contributed by atoms with E-state index < -0.39 is 17.9 Å². The molecule has 0 bridgehead atoms. The Labute approximate surface area is 172 Å². The van der Waals surface area contributed by atoms with Gasteiger partial charge in [-0.25, -0.2) is 0 Å². The van der Waals surface area contributed by atoms with Crippen LogP contribution in [0, 0.1) is 12.8 Å². The first-order valence-electron chi connectivity index (χ1n) is 9.29. The van der Waals surface area contributed by atoms with Crippen LogP contribution in [0.15, 0.2) is 47.5 Å². The van der Waals surface area contributed by atoms with Gasteiger partial charge in [0.2, 0.25) is 5.91 Å². The minimum atomic E-state index is -0.612. The summed E-state index contributed by atoms with van der Waals surface area (Å²) in [5.41, 5.74) is 8.62. The van der Waals surface area contributed by atoms with Crippen molar-refractivity contribution in [1.29, 1.82) is 0 Å². The lowest BCUT2D eigenvalue weighted by molar-refractivity contribution is -0.122. The fraction of sp³-hybridized carbons (Fsp3) is 0.238. The number of benzene rings is 2. The van der Waals surface area contributed by atoms with Crippen molar-refractivity contribution in [2.75, 3.05) is 0 Å². The van der Waals surface area contributed by atoms with Crippen LogP contribution in [-0.2, 0) is 4.79 Å². The minimum Gasteiger partial charge on any atom is -0.508 e. The number of fused-ring (bicyclic) bond motifs is 3. The zero-order chi connectivity index (χ0) is 20.7. The maximum atomic E-state index is 12.2. The van der Waals surface area contributed by atoms with E-state index in [0.717, 1.165) is 11.3 Å². The molecule has 7 nitrogen and oxygen atoms in total. The SMILES string of the molecule is CCC(C(N)=O)[C@@H]1N=C(c2ccc(Cl)cc2)c2cc(O)ccc2-n2c(C)nnc21. The number of nitrogens with zero attached hydrogens (tertiary/aromatic N) is 4. The van der Waals surface area contributed by atoms with Gasteiger partial charge in [0.15, 0.2) is 5.82 Å². The number of carbonyl (C=O) groups is 1. The molecule has 1 amide bonds. The Hall–Kier alpha value is -3.19. The molecule has 2 heterocycles. The molecule has 0 fully saturated rings. The van der Waals surface area contributed by atoms with Crippen LogP contribution in [0.5, 0.6) is 5.75 Å². The molecule has 8 heteroatoms. The molecule has 0 spiro atoms. The average Bonchev–Trinajstić information content (AvgIpc) is 3.00. The van der Waals surface area contributed by atoms with Crippen LogP contribution in [0.1, 0.15) is 42.2 Å². The first-order valence-corrected chi connectivity index (χ1v) is 9.67. The number of primary amides is 1. The van der Waals surface area contributed by atoms with Gasteiger partial charge >= 0.3 is 0 Å². The molecule has 2 aromatic carbocycles. The Bertz CT molecular complexity index is 1120. The van der Waals surface area contributed by atoms with Crippen molar-refractivity contribution in [3.05, 3.63) is 70.3 Å². The number of aromatic hydroxyl groups is 1. The van der Waals surface area contributed by atoms with Gasteiger partial charge in [-0.2, -0.15) is 0 Å². The van der Waals surface area contributed by atoms with E-state index in [0.29, 0.717) is 34.4 Å². The number of amides is 1. The van der Waals surface area contributed by atoms with E-state index in [4.69, 9.17) is 22.3 Å². The quantitative estimate of drug-likeness (QED) is 0.689. The van der Waals surface area contributed by atoms with Crippen LogP contribution < -0.4 is 5.73 Å². The second kappa shape index (κ2) is 7.33. The molecule has 2 atom stereocenters. The fourth-order valence-corrected chi connectivity index (χ4v) is 3.86. The summed E-state index contributed by atoms with van der Waals surface area (Å²) in [6, 6.07) is 11.7. The van der Waals surface area contributed by atoms with E-state index in [1.54, 1.807) is 30.3 Å². The average molecular weight is 410 g/mol. The molecule has 3 N–H and O–H groups in total. The van der Waals surface area contributed by atoms with E-state index in [9.17, 15) is 9.90 Å². The second-order valence-electron chi connectivity index (χ2n) is 6.99. The highest BCUT2D eigenvalue weighted by Crippen LogP contribution is 2.36. The molecule has 1 aromatic heterocycles. The highest BCUT2D eigenvalue weighted by atomic mass is 35.5. The molecule has 1 aliphatic rings. The molecule has 1 unspecified atom stereocenters. The summed E-state index contributed by atoms with van der Waals surface area (Å²) < 4.78 is 1.87. The number of phenols is 1. The molecule has 0 saturated heterocycles. The fourth-order valence-electron chi connectivity index (χ4n) is 3.73. The van der Waals surface area contributed by atoms with Crippen LogP contribution in [0.3, 0.4) is 0 Å². The number of hydrogen-bond donors (Lipinski definition) is 2. The summed E-state index contributed by atoms with van der Waals surface area (Å²) in [4.78, 5) is 17.2. The van der Waals surface area contributed by atoms with Crippen molar-refractivity contribution in [1.82, 2.24) is 14.8 Å². The van der Waals surface area contributed by atoms with Crippen molar-refractivity contribution in [3.8, 4) is 11.4 Å². The van der Waals surface area contributed by atoms with Crippen LogP contribution in [0.25, 0.3) is 5.69 Å². The van der Waals surface area contributed by atoms with E-state index in [-0.39, 0.29) is 5.75 Å². The molecule has 1 aliphatic heterocycles. The predicted molar refractivity (Wildman–Crippen MR) is 111 cm³/mol. The smallest absolute Gasteiger partial charge is 0.223 e. The van der Waals surface area contributed by atoms with Crippen LogP contribution in [0.2, 0.25) is 5.02 Å². The number of hydrogen-bond acceptors (Lipinski definition) is 5. The third kappa shape index (κ3) is 3.27. The molecule has 0 radical (unpaired) electrons. The molecular formula is C21H20ClN5O2. The zero-order valence-corrected chi connectivity index (χ0v) is 16.8. The lowest BCUT2D eigenvalue weighted by atomic mass is 9.95. The number of carbonyl (C=O) groups excluding carboxylic acids is 1. The first-order chi connectivity index (χ1) is 13.9. The minimum absolute atomic E-state index is 0.109. The summed E-state index contributed by atoms with van der Waals surface area (Å²) >= 11 is 6.06. The van der Waals surface area contributed by atoms with Crippen LogP contribution >= 0.6 is 11.6 Å². The van der Waals surface area contributed by atoms with E-state index in [2.05, 4.69) is 10.2 Å². The number of aryl methyl sites for hydroxylation is 1. The number of aromatic nitrogens is 3. The summed E-state index contributed by atoms with van der Waals surface area (Å²) in [5.74, 6) is 0.311. The molecule has 4 rings (SSSR count). The zero-order valence-electron chi connectivity index (χ0n) is 16.0. The van der Waals surface area contributed by atoms with Crippen molar-refractivity contribution in [2.24, 2.45) is 16.6 Å². The van der Waals surface area contributed by atoms with Gasteiger partial charge in [-0.1, -0.05) is 30.7 Å². The molecule has 0 aliphatic carbocycles. The highest BCUT2D eigenvalue weighted by Gasteiger charge is 2.35. The second-order valence-corrected chi connectivity index (χ2v) is 7.43. The highest BCUT2D eigenvalue weighted by molar-refractivity contribution is 6.30. The normalized spacial score (nSPS) is 16.4. The standard InChI is InChI=1S/C21H20ClN5O2/c1-3-15(20(23)29)19-21-26-25-11(2)27(21)17-9-8-14(28)10-16(17)18(24-19)12-4-6-13(22)7-5-12/h4-10,15,19,28H,3H2,1-2H3,(H2,23,29)/t15?,19-/m0/s1. The van der Waals surface area contributed by atoms with E-state index >= 15 is 0 Å². The molecule has 3 aromatic rings. The Morgan fingerprint density at radius 3 is 2.62 bits per heavy atom. The van der Waals surface area contributed by atoms with Crippen molar-refractivity contribution < 1.29 is 9.90 Å². The summed E-state index contributed by atoms with van der Waals surface area (Å²) in [5, 5.41) is 19.3. The van der Waals surface area contributed by atoms with Crippen molar-refractivity contribution >= 4 is 23.2 Å². The van der Waals surface area contributed by atoms with Crippen LogP contribution in [-0.4, -0.2) is 31.5 Å². The monoisotopic (exact) mass is 409 g/mol. The number of nitrogens with two attached hydrogens (primary N) is 1. The number of phenolic OH excluding ortho intramolecular Hbond substituents is 1. The van der Waals surface area contributed by atoms with Gasteiger partial charge in [0, 0.05) is 16.1 Å². The summed E-state index contributed by atoms with van der Waals surface area (Å²) in [6.07, 6.45) is 0.505. The maximum absolute atomic E-state index is 12.2. The number of rotatable bonds is 4. The van der Waals surface area contributed by atoms with E-state index in [1.165, 1.54) is 0 Å². The first kappa shape index (κ1) is 19.1. The summed E-state index contributed by atoms with van der Waals surface area (Å²) in [7, 11) is 0. The Morgan fingerprint density at radius 1 is 1.24 bits per heavy atom. The predicted octanol–water partition coefficient (Wildman–Crippen LogP) is 3.34. The topological polar surface area (TPSA) is 106 Å². The van der Waals surface area contributed by atoms with Gasteiger partial charge in [-0.3, -0.25) is 14.4 Å². The van der Waals surface area contributed by atoms with Gasteiger partial charge in [0.25, 0.3) is 0 Å². The molecule has 29 heavy (non-hydrogen) atoms. The Morgan fingerprint density at radius 2 is 1.97 bits per heavy atom. The lowest BCUT2D eigenvalue weighted by Gasteiger charge is -2.19. The number of halogens is 1. The van der Waals surface area contributed by atoms with Gasteiger partial charge in [0.05, 0.1) is 17.3 Å². The van der Waals surface area contributed by atoms with E-state index in [1.807, 2.05) is 30.5 Å². The molecular weight excluding hydrogens is 390 g/mol. The number of aliphatic imine (C=N–C) groups is 1. The maximum Gasteiger partial charge on any atom is 0.223 e.